The molecule has 74 valence electrons. The molecule has 0 saturated heterocycles. The van der Waals surface area contributed by atoms with Crippen LogP contribution >= 0.6 is 0 Å². The van der Waals surface area contributed by atoms with Gasteiger partial charge in [-0.25, -0.2) is 4.98 Å². The fraction of sp³-hybridized carbons (Fsp3) is 0.417. The van der Waals surface area contributed by atoms with Crippen LogP contribution in [0.5, 0.6) is 0 Å². The Morgan fingerprint density at radius 1 is 1.14 bits per heavy atom. The maximum Gasteiger partial charge on any atom is 0.140 e. The molecule has 2 aromatic rings. The first-order chi connectivity index (χ1) is 6.48. The van der Waals surface area contributed by atoms with E-state index in [0.717, 1.165) is 11.3 Å². The second-order valence-corrected chi connectivity index (χ2v) is 4.72. The van der Waals surface area contributed by atoms with E-state index >= 15 is 0 Å². The second-order valence-electron chi connectivity index (χ2n) is 4.72. The minimum atomic E-state index is 0.0997. The van der Waals surface area contributed by atoms with Crippen LogP contribution in [0.15, 0.2) is 24.4 Å². The molecule has 2 rings (SSSR count). The van der Waals surface area contributed by atoms with Crippen molar-refractivity contribution in [3.05, 3.63) is 30.1 Å². The van der Waals surface area contributed by atoms with Gasteiger partial charge in [0, 0.05) is 22.8 Å². The first-order valence-electron chi connectivity index (χ1n) is 4.94. The summed E-state index contributed by atoms with van der Waals surface area (Å²) < 4.78 is 2.22. The quantitative estimate of drug-likeness (QED) is 0.621. The lowest BCUT2D eigenvalue weighted by Crippen LogP contribution is -2.20. The van der Waals surface area contributed by atoms with E-state index in [1.807, 2.05) is 6.92 Å². The predicted molar refractivity (Wildman–Crippen MR) is 59.5 cm³/mol. The molecule has 2 aromatic heterocycles. The van der Waals surface area contributed by atoms with Crippen LogP contribution in [-0.4, -0.2) is 9.55 Å². The first-order valence-corrected chi connectivity index (χ1v) is 4.94. The summed E-state index contributed by atoms with van der Waals surface area (Å²) in [6.07, 6.45) is 2.11. The normalized spacial score (nSPS) is 12.3. The van der Waals surface area contributed by atoms with E-state index in [1.165, 1.54) is 5.39 Å². The number of hydrogen-bond donors (Lipinski definition) is 0. The van der Waals surface area contributed by atoms with Gasteiger partial charge < -0.3 is 4.57 Å². The molecule has 0 amide bonds. The number of aromatic nitrogens is 2. The molecule has 2 heteroatoms. The third-order valence-corrected chi connectivity index (χ3v) is 2.40. The van der Waals surface area contributed by atoms with Crippen molar-refractivity contribution in [1.82, 2.24) is 9.55 Å². The van der Waals surface area contributed by atoms with Gasteiger partial charge in [-0.05, 0) is 45.9 Å². The maximum atomic E-state index is 4.57. The van der Waals surface area contributed by atoms with Crippen LogP contribution in [0.4, 0.5) is 0 Å². The van der Waals surface area contributed by atoms with Gasteiger partial charge >= 0.3 is 0 Å². The number of fused-ring (bicyclic) bond motifs is 1. The zero-order chi connectivity index (χ0) is 10.3. The largest absolute Gasteiger partial charge is 0.327 e. The van der Waals surface area contributed by atoms with E-state index in [4.69, 9.17) is 0 Å². The molecule has 0 spiro atoms. The number of nitrogens with zero attached hydrogens (tertiary/aromatic N) is 2. The van der Waals surface area contributed by atoms with Crippen molar-refractivity contribution in [2.75, 3.05) is 0 Å². The molecule has 0 aliphatic rings. The topological polar surface area (TPSA) is 17.8 Å². The molecular weight excluding hydrogens is 172 g/mol. The monoisotopic (exact) mass is 188 g/mol. The Morgan fingerprint density at radius 3 is 2.50 bits per heavy atom. The summed E-state index contributed by atoms with van der Waals surface area (Å²) in [4.78, 5) is 4.57. The average molecular weight is 188 g/mol. The summed E-state index contributed by atoms with van der Waals surface area (Å²) in [5.41, 5.74) is 2.25. The highest BCUT2D eigenvalue weighted by Gasteiger charge is 2.15. The number of rotatable bonds is 0. The highest BCUT2D eigenvalue weighted by molar-refractivity contribution is 5.76. The molecule has 0 unspecified atom stereocenters. The van der Waals surface area contributed by atoms with Gasteiger partial charge in [0.2, 0.25) is 0 Å². The van der Waals surface area contributed by atoms with E-state index in [2.05, 4.69) is 54.7 Å². The molecule has 0 aliphatic heterocycles. The van der Waals surface area contributed by atoms with Gasteiger partial charge in [-0.15, -0.1) is 0 Å². The standard InChI is InChI=1S/C12H16N2/c1-9-5-6-10-7-8-14(11(10)13-9)12(2,3)4/h5-8H,1-4H3. The minimum absolute atomic E-state index is 0.0997. The maximum absolute atomic E-state index is 4.57. The van der Waals surface area contributed by atoms with Crippen LogP contribution in [0.25, 0.3) is 11.0 Å². The van der Waals surface area contributed by atoms with Gasteiger partial charge in [-0.2, -0.15) is 0 Å². The fourth-order valence-corrected chi connectivity index (χ4v) is 1.64. The molecule has 2 nitrogen and oxygen atoms in total. The van der Waals surface area contributed by atoms with Gasteiger partial charge in [0.1, 0.15) is 5.65 Å². The lowest BCUT2D eigenvalue weighted by atomic mass is 10.1. The van der Waals surface area contributed by atoms with E-state index in [1.54, 1.807) is 0 Å². The Hall–Kier alpha value is -1.31. The minimum Gasteiger partial charge on any atom is -0.327 e. The zero-order valence-corrected chi connectivity index (χ0v) is 9.20. The molecule has 14 heavy (non-hydrogen) atoms. The molecule has 0 saturated carbocycles. The number of hydrogen-bond acceptors (Lipinski definition) is 1. The molecule has 0 radical (unpaired) electrons. The smallest absolute Gasteiger partial charge is 0.140 e. The van der Waals surface area contributed by atoms with Crippen molar-refractivity contribution >= 4 is 11.0 Å². The van der Waals surface area contributed by atoms with Gasteiger partial charge in [-0.1, -0.05) is 0 Å². The first kappa shape index (κ1) is 9.25. The summed E-state index contributed by atoms with van der Waals surface area (Å²) in [6.45, 7) is 8.60. The summed E-state index contributed by atoms with van der Waals surface area (Å²) in [7, 11) is 0. The fourth-order valence-electron chi connectivity index (χ4n) is 1.64. The van der Waals surface area contributed by atoms with Gasteiger partial charge in [0.05, 0.1) is 0 Å². The van der Waals surface area contributed by atoms with Crippen molar-refractivity contribution < 1.29 is 0 Å². The number of aryl methyl sites for hydroxylation is 1. The van der Waals surface area contributed by atoms with Crippen LogP contribution in [0.1, 0.15) is 26.5 Å². The van der Waals surface area contributed by atoms with Crippen LogP contribution in [-0.2, 0) is 5.54 Å². The molecular formula is C12H16N2. The third kappa shape index (κ3) is 1.41. The van der Waals surface area contributed by atoms with E-state index < -0.39 is 0 Å². The van der Waals surface area contributed by atoms with E-state index in [0.29, 0.717) is 0 Å². The zero-order valence-electron chi connectivity index (χ0n) is 9.20. The second kappa shape index (κ2) is 2.84. The predicted octanol–water partition coefficient (Wildman–Crippen LogP) is 3.10. The molecule has 0 N–H and O–H groups in total. The Labute approximate surface area is 84.6 Å². The van der Waals surface area contributed by atoms with Crippen LogP contribution in [0, 0.1) is 6.92 Å². The van der Waals surface area contributed by atoms with Gasteiger partial charge in [-0.3, -0.25) is 0 Å². The molecule has 0 bridgehead atoms. The molecule has 0 aliphatic carbocycles. The van der Waals surface area contributed by atoms with Crippen LogP contribution in [0.3, 0.4) is 0 Å². The van der Waals surface area contributed by atoms with Gasteiger partial charge in [0.25, 0.3) is 0 Å². The Kier molecular flexibility index (Phi) is 1.88. The highest BCUT2D eigenvalue weighted by Crippen LogP contribution is 2.22. The van der Waals surface area contributed by atoms with Crippen molar-refractivity contribution in [3.63, 3.8) is 0 Å². The van der Waals surface area contributed by atoms with Crippen LogP contribution < -0.4 is 0 Å². The lowest BCUT2D eigenvalue weighted by Gasteiger charge is -2.21. The van der Waals surface area contributed by atoms with Crippen molar-refractivity contribution in [2.24, 2.45) is 0 Å². The van der Waals surface area contributed by atoms with Crippen LogP contribution in [0.2, 0.25) is 0 Å². The average Bonchev–Trinajstić information content (AvgIpc) is 2.45. The van der Waals surface area contributed by atoms with Crippen molar-refractivity contribution in [3.8, 4) is 0 Å². The molecule has 0 fully saturated rings. The Balaban J connectivity index is 2.73. The molecule has 0 aromatic carbocycles. The summed E-state index contributed by atoms with van der Waals surface area (Å²) in [6, 6.07) is 6.29. The van der Waals surface area contributed by atoms with Crippen molar-refractivity contribution in [2.45, 2.75) is 33.2 Å². The Morgan fingerprint density at radius 2 is 1.86 bits per heavy atom. The van der Waals surface area contributed by atoms with E-state index in [-0.39, 0.29) is 5.54 Å². The van der Waals surface area contributed by atoms with Crippen molar-refractivity contribution in [1.29, 1.82) is 0 Å². The highest BCUT2D eigenvalue weighted by atomic mass is 15.1. The summed E-state index contributed by atoms with van der Waals surface area (Å²) in [5.74, 6) is 0. The molecule has 0 atom stereocenters. The summed E-state index contributed by atoms with van der Waals surface area (Å²) >= 11 is 0. The lowest BCUT2D eigenvalue weighted by molar-refractivity contribution is 0.408. The SMILES string of the molecule is Cc1ccc2ccn(C(C)(C)C)c2n1. The third-order valence-electron chi connectivity index (χ3n) is 2.40. The van der Waals surface area contributed by atoms with E-state index in [9.17, 15) is 0 Å². The molecule has 2 heterocycles. The van der Waals surface area contributed by atoms with Gasteiger partial charge in [0.15, 0.2) is 0 Å². The number of pyridine rings is 1. The Bertz CT molecular complexity index is 461. The summed E-state index contributed by atoms with van der Waals surface area (Å²) in [5, 5.41) is 1.21.